The molecule has 0 saturated carbocycles. The van der Waals surface area contributed by atoms with Gasteiger partial charge in [-0.3, -0.25) is 4.79 Å². The number of aromatic amines is 1. The molecule has 100 valence electrons. The van der Waals surface area contributed by atoms with Crippen molar-refractivity contribution in [2.24, 2.45) is 5.41 Å². The molecule has 1 aliphatic heterocycles. The molecule has 4 nitrogen and oxygen atoms in total. The SMILES string of the molecule is CCc1nc(N2CCC(C)(CC)CC2)cc(=O)[nH]1. The minimum absolute atomic E-state index is 0.0410. The Labute approximate surface area is 108 Å². The lowest BCUT2D eigenvalue weighted by molar-refractivity contribution is 0.237. The normalized spacial score (nSPS) is 18.9. The molecule has 0 atom stereocenters. The lowest BCUT2D eigenvalue weighted by atomic mass is 9.78. The van der Waals surface area contributed by atoms with Crippen molar-refractivity contribution in [3.05, 3.63) is 22.2 Å². The van der Waals surface area contributed by atoms with Crippen LogP contribution in [0.25, 0.3) is 0 Å². The monoisotopic (exact) mass is 249 g/mol. The van der Waals surface area contributed by atoms with Crippen molar-refractivity contribution in [2.75, 3.05) is 18.0 Å². The van der Waals surface area contributed by atoms with Gasteiger partial charge in [0.2, 0.25) is 0 Å². The number of H-pyrrole nitrogens is 1. The predicted molar refractivity (Wildman–Crippen MR) is 74.1 cm³/mol. The highest BCUT2D eigenvalue weighted by molar-refractivity contribution is 5.38. The van der Waals surface area contributed by atoms with Crippen LogP contribution in [0.15, 0.2) is 10.9 Å². The fourth-order valence-corrected chi connectivity index (χ4v) is 2.45. The average molecular weight is 249 g/mol. The third-order valence-electron chi connectivity index (χ3n) is 4.26. The zero-order valence-corrected chi connectivity index (χ0v) is 11.6. The van der Waals surface area contributed by atoms with E-state index in [2.05, 4.69) is 28.7 Å². The Bertz CT molecular complexity index is 458. The molecule has 1 aromatic heterocycles. The Balaban J connectivity index is 2.14. The Morgan fingerprint density at radius 2 is 2.06 bits per heavy atom. The van der Waals surface area contributed by atoms with Gasteiger partial charge < -0.3 is 9.88 Å². The first-order valence-electron chi connectivity index (χ1n) is 6.91. The number of nitrogens with one attached hydrogen (secondary N) is 1. The van der Waals surface area contributed by atoms with E-state index in [1.807, 2.05) is 6.92 Å². The fraction of sp³-hybridized carbons (Fsp3) is 0.714. The zero-order valence-electron chi connectivity index (χ0n) is 11.6. The molecule has 0 spiro atoms. The standard InChI is InChI=1S/C14H23N3O/c1-4-11-15-12(10-13(18)16-11)17-8-6-14(3,5-2)7-9-17/h10H,4-9H2,1-3H3,(H,15,16,18). The molecule has 0 amide bonds. The van der Waals surface area contributed by atoms with Gasteiger partial charge in [0.15, 0.2) is 0 Å². The summed E-state index contributed by atoms with van der Waals surface area (Å²) in [4.78, 5) is 21.1. The molecule has 1 N–H and O–H groups in total. The molecule has 1 aromatic rings. The maximum atomic E-state index is 11.6. The highest BCUT2D eigenvalue weighted by Gasteiger charge is 2.28. The van der Waals surface area contributed by atoms with Crippen molar-refractivity contribution in [3.8, 4) is 0 Å². The van der Waals surface area contributed by atoms with Crippen molar-refractivity contribution in [3.63, 3.8) is 0 Å². The predicted octanol–water partition coefficient (Wildman–Crippen LogP) is 2.35. The van der Waals surface area contributed by atoms with Crippen LogP contribution in [0.3, 0.4) is 0 Å². The van der Waals surface area contributed by atoms with Gasteiger partial charge in [0.05, 0.1) is 0 Å². The number of hydrogen-bond donors (Lipinski definition) is 1. The molecule has 1 aliphatic rings. The van der Waals surface area contributed by atoms with Crippen molar-refractivity contribution in [1.29, 1.82) is 0 Å². The molecular formula is C14H23N3O. The van der Waals surface area contributed by atoms with Gasteiger partial charge in [-0.15, -0.1) is 0 Å². The Hall–Kier alpha value is -1.32. The first-order valence-corrected chi connectivity index (χ1v) is 6.91. The van der Waals surface area contributed by atoms with Gasteiger partial charge in [0, 0.05) is 25.6 Å². The van der Waals surface area contributed by atoms with Crippen LogP contribution >= 0.6 is 0 Å². The van der Waals surface area contributed by atoms with E-state index in [0.29, 0.717) is 5.41 Å². The van der Waals surface area contributed by atoms with Crippen molar-refractivity contribution >= 4 is 5.82 Å². The molecule has 0 bridgehead atoms. The molecule has 2 heterocycles. The zero-order chi connectivity index (χ0) is 13.2. The molecule has 0 aliphatic carbocycles. The van der Waals surface area contributed by atoms with Crippen LogP contribution in [0.4, 0.5) is 5.82 Å². The summed E-state index contributed by atoms with van der Waals surface area (Å²) < 4.78 is 0. The number of aryl methyl sites for hydroxylation is 1. The van der Waals surface area contributed by atoms with Crippen LogP contribution in [0.5, 0.6) is 0 Å². The maximum Gasteiger partial charge on any atom is 0.252 e. The second-order valence-corrected chi connectivity index (χ2v) is 5.56. The van der Waals surface area contributed by atoms with Gasteiger partial charge in [0.1, 0.15) is 11.6 Å². The summed E-state index contributed by atoms with van der Waals surface area (Å²) in [5.41, 5.74) is 0.423. The Kier molecular flexibility index (Phi) is 3.73. The van der Waals surface area contributed by atoms with E-state index < -0.39 is 0 Å². The van der Waals surface area contributed by atoms with E-state index in [0.717, 1.165) is 31.2 Å². The summed E-state index contributed by atoms with van der Waals surface area (Å²) in [6, 6.07) is 1.62. The lowest BCUT2D eigenvalue weighted by Gasteiger charge is -2.39. The topological polar surface area (TPSA) is 49.0 Å². The maximum absolute atomic E-state index is 11.6. The van der Waals surface area contributed by atoms with E-state index >= 15 is 0 Å². The minimum Gasteiger partial charge on any atom is -0.356 e. The fourth-order valence-electron chi connectivity index (χ4n) is 2.45. The van der Waals surface area contributed by atoms with Crippen LogP contribution in [0.2, 0.25) is 0 Å². The molecule has 0 aromatic carbocycles. The highest BCUT2D eigenvalue weighted by Crippen LogP contribution is 2.34. The number of rotatable bonds is 3. The van der Waals surface area contributed by atoms with Crippen LogP contribution in [0, 0.1) is 5.41 Å². The average Bonchev–Trinajstić information content (AvgIpc) is 2.39. The molecule has 1 fully saturated rings. The smallest absolute Gasteiger partial charge is 0.252 e. The molecule has 1 saturated heterocycles. The third kappa shape index (κ3) is 2.74. The first-order chi connectivity index (χ1) is 8.56. The van der Waals surface area contributed by atoms with Gasteiger partial charge in [0.25, 0.3) is 5.56 Å². The van der Waals surface area contributed by atoms with E-state index in [1.165, 1.54) is 19.3 Å². The second kappa shape index (κ2) is 5.12. The van der Waals surface area contributed by atoms with Gasteiger partial charge in [-0.05, 0) is 18.3 Å². The molecular weight excluding hydrogens is 226 g/mol. The third-order valence-corrected chi connectivity index (χ3v) is 4.26. The molecule has 2 rings (SSSR count). The molecule has 4 heteroatoms. The van der Waals surface area contributed by atoms with Crippen LogP contribution in [-0.2, 0) is 6.42 Å². The molecule has 0 unspecified atom stereocenters. The number of nitrogens with zero attached hydrogens (tertiary/aromatic N) is 2. The lowest BCUT2D eigenvalue weighted by Crippen LogP contribution is -2.39. The quantitative estimate of drug-likeness (QED) is 0.894. The number of piperidine rings is 1. The molecule has 0 radical (unpaired) electrons. The molecule has 18 heavy (non-hydrogen) atoms. The number of anilines is 1. The van der Waals surface area contributed by atoms with E-state index in [9.17, 15) is 4.79 Å². The van der Waals surface area contributed by atoms with E-state index in [1.54, 1.807) is 6.07 Å². The minimum atomic E-state index is -0.0410. The van der Waals surface area contributed by atoms with Crippen LogP contribution in [0.1, 0.15) is 45.9 Å². The van der Waals surface area contributed by atoms with Crippen LogP contribution in [-0.4, -0.2) is 23.1 Å². The van der Waals surface area contributed by atoms with Gasteiger partial charge in [-0.2, -0.15) is 0 Å². The largest absolute Gasteiger partial charge is 0.356 e. The van der Waals surface area contributed by atoms with E-state index in [4.69, 9.17) is 0 Å². The Morgan fingerprint density at radius 3 is 2.61 bits per heavy atom. The van der Waals surface area contributed by atoms with Crippen molar-refractivity contribution in [1.82, 2.24) is 9.97 Å². The van der Waals surface area contributed by atoms with Crippen molar-refractivity contribution < 1.29 is 0 Å². The van der Waals surface area contributed by atoms with Gasteiger partial charge >= 0.3 is 0 Å². The van der Waals surface area contributed by atoms with Crippen molar-refractivity contribution in [2.45, 2.75) is 46.5 Å². The summed E-state index contributed by atoms with van der Waals surface area (Å²) in [7, 11) is 0. The van der Waals surface area contributed by atoms with E-state index in [-0.39, 0.29) is 5.56 Å². The summed E-state index contributed by atoms with van der Waals surface area (Å²) in [5, 5.41) is 0. The summed E-state index contributed by atoms with van der Waals surface area (Å²) in [6.07, 6.45) is 4.35. The Morgan fingerprint density at radius 1 is 1.39 bits per heavy atom. The summed E-state index contributed by atoms with van der Waals surface area (Å²) >= 11 is 0. The summed E-state index contributed by atoms with van der Waals surface area (Å²) in [6.45, 7) is 8.63. The van der Waals surface area contributed by atoms with Crippen LogP contribution < -0.4 is 10.5 Å². The summed E-state index contributed by atoms with van der Waals surface area (Å²) in [5.74, 6) is 1.62. The number of hydrogen-bond acceptors (Lipinski definition) is 3. The highest BCUT2D eigenvalue weighted by atomic mass is 16.1. The second-order valence-electron chi connectivity index (χ2n) is 5.56. The number of aromatic nitrogens is 2. The van der Waals surface area contributed by atoms with Gasteiger partial charge in [-0.25, -0.2) is 4.98 Å². The first kappa shape index (κ1) is 13.1. The van der Waals surface area contributed by atoms with Gasteiger partial charge in [-0.1, -0.05) is 27.2 Å².